The highest BCUT2D eigenvalue weighted by Gasteiger charge is 2.22. The van der Waals surface area contributed by atoms with Crippen LogP contribution in [-0.4, -0.2) is 24.6 Å². The molecule has 1 aromatic rings. The van der Waals surface area contributed by atoms with Crippen molar-refractivity contribution in [2.24, 2.45) is 5.92 Å². The third kappa shape index (κ3) is 3.93. The van der Waals surface area contributed by atoms with Gasteiger partial charge in [0.05, 0.1) is 0 Å². The zero-order chi connectivity index (χ0) is 14.0. The van der Waals surface area contributed by atoms with E-state index in [0.717, 1.165) is 30.6 Å². The van der Waals surface area contributed by atoms with Crippen LogP contribution < -0.4 is 10.2 Å². The van der Waals surface area contributed by atoms with Gasteiger partial charge in [-0.1, -0.05) is 13.8 Å². The van der Waals surface area contributed by atoms with E-state index in [1.165, 1.54) is 24.0 Å². The van der Waals surface area contributed by atoms with Crippen LogP contribution in [0.2, 0.25) is 0 Å². The molecule has 0 unspecified atom stereocenters. The van der Waals surface area contributed by atoms with Gasteiger partial charge in [-0.25, -0.2) is 4.98 Å². The molecule has 0 radical (unpaired) electrons. The quantitative estimate of drug-likeness (QED) is 0.853. The van der Waals surface area contributed by atoms with E-state index < -0.39 is 0 Å². The van der Waals surface area contributed by atoms with Crippen molar-refractivity contribution in [3.8, 4) is 0 Å². The highest BCUT2D eigenvalue weighted by molar-refractivity contribution is 5.51. The molecule has 19 heavy (non-hydrogen) atoms. The Morgan fingerprint density at radius 3 is 2.63 bits per heavy atom. The topological polar surface area (TPSA) is 28.2 Å². The largest absolute Gasteiger partial charge is 0.359 e. The highest BCUT2D eigenvalue weighted by atomic mass is 15.2. The fourth-order valence-electron chi connectivity index (χ4n) is 2.55. The third-order valence-electron chi connectivity index (χ3n) is 3.60. The lowest BCUT2D eigenvalue weighted by molar-refractivity contribution is 0.626. The number of hydrogen-bond donors (Lipinski definition) is 1. The van der Waals surface area contributed by atoms with E-state index in [4.69, 9.17) is 4.98 Å². The van der Waals surface area contributed by atoms with Gasteiger partial charge in [0, 0.05) is 37.4 Å². The Hall–Kier alpha value is -1.09. The number of pyridine rings is 1. The van der Waals surface area contributed by atoms with Crippen molar-refractivity contribution in [1.29, 1.82) is 0 Å². The fourth-order valence-corrected chi connectivity index (χ4v) is 2.55. The van der Waals surface area contributed by atoms with Gasteiger partial charge in [-0.3, -0.25) is 0 Å². The minimum atomic E-state index is 0.650. The van der Waals surface area contributed by atoms with E-state index in [0.29, 0.717) is 5.92 Å². The molecule has 0 amide bonds. The van der Waals surface area contributed by atoms with Gasteiger partial charge < -0.3 is 10.2 Å². The number of aryl methyl sites for hydroxylation is 2. The van der Waals surface area contributed by atoms with E-state index in [1.807, 2.05) is 0 Å². The molecule has 1 aliphatic carbocycles. The molecule has 0 atom stereocenters. The molecule has 106 valence electrons. The maximum atomic E-state index is 4.77. The molecule has 1 aliphatic rings. The van der Waals surface area contributed by atoms with Crippen molar-refractivity contribution in [3.05, 3.63) is 22.9 Å². The number of aromatic nitrogens is 1. The van der Waals surface area contributed by atoms with Crippen LogP contribution in [0.1, 0.15) is 43.5 Å². The molecule has 1 fully saturated rings. The van der Waals surface area contributed by atoms with Gasteiger partial charge in [0.15, 0.2) is 0 Å². The van der Waals surface area contributed by atoms with Gasteiger partial charge in [0.1, 0.15) is 5.82 Å². The van der Waals surface area contributed by atoms with Crippen LogP contribution in [-0.2, 0) is 6.54 Å². The molecule has 0 spiro atoms. The van der Waals surface area contributed by atoms with Crippen LogP contribution in [0.25, 0.3) is 0 Å². The van der Waals surface area contributed by atoms with Crippen LogP contribution in [0.4, 0.5) is 5.82 Å². The molecule has 0 aromatic carbocycles. The van der Waals surface area contributed by atoms with Crippen molar-refractivity contribution >= 4 is 5.82 Å². The minimum Gasteiger partial charge on any atom is -0.359 e. The van der Waals surface area contributed by atoms with E-state index in [-0.39, 0.29) is 0 Å². The van der Waals surface area contributed by atoms with Gasteiger partial charge in [-0.15, -0.1) is 0 Å². The molecule has 1 aromatic heterocycles. The summed E-state index contributed by atoms with van der Waals surface area (Å²) in [6, 6.07) is 2.93. The molecule has 0 saturated heterocycles. The second kappa shape index (κ2) is 5.91. The normalized spacial score (nSPS) is 15.1. The number of nitrogens with zero attached hydrogens (tertiary/aromatic N) is 2. The molecule has 1 N–H and O–H groups in total. The number of hydrogen-bond acceptors (Lipinski definition) is 3. The van der Waals surface area contributed by atoms with Crippen molar-refractivity contribution < 1.29 is 0 Å². The molecule has 0 aliphatic heterocycles. The molecule has 2 rings (SSSR count). The van der Waals surface area contributed by atoms with E-state index in [2.05, 4.69) is 51.0 Å². The predicted octanol–water partition coefficient (Wildman–Crippen LogP) is 3.04. The first kappa shape index (κ1) is 14.3. The minimum absolute atomic E-state index is 0.650. The first-order valence-electron chi connectivity index (χ1n) is 7.39. The summed E-state index contributed by atoms with van der Waals surface area (Å²) in [5, 5.41) is 3.62. The van der Waals surface area contributed by atoms with Crippen molar-refractivity contribution in [1.82, 2.24) is 10.3 Å². The molecule has 3 nitrogen and oxygen atoms in total. The average molecular weight is 261 g/mol. The lowest BCUT2D eigenvalue weighted by atomic mass is 10.1. The number of rotatable bonds is 6. The van der Waals surface area contributed by atoms with Gasteiger partial charge in [0.2, 0.25) is 0 Å². The smallest absolute Gasteiger partial charge is 0.133 e. The van der Waals surface area contributed by atoms with E-state index in [9.17, 15) is 0 Å². The Bertz CT molecular complexity index is 436. The lowest BCUT2D eigenvalue weighted by Gasteiger charge is -2.25. The summed E-state index contributed by atoms with van der Waals surface area (Å²) in [5.41, 5.74) is 3.82. The van der Waals surface area contributed by atoms with E-state index >= 15 is 0 Å². The standard InChI is InChI=1S/C16H27N3/c1-11(2)10-19(5)16-15(9-17-14-6-7-14)12(3)8-13(4)18-16/h8,11,14,17H,6-7,9-10H2,1-5H3. The zero-order valence-corrected chi connectivity index (χ0v) is 13.0. The summed E-state index contributed by atoms with van der Waals surface area (Å²) in [6.07, 6.45) is 2.66. The van der Waals surface area contributed by atoms with Crippen LogP contribution in [0.3, 0.4) is 0 Å². The van der Waals surface area contributed by atoms with Gasteiger partial charge in [-0.2, -0.15) is 0 Å². The number of anilines is 1. The molecule has 3 heteroatoms. The van der Waals surface area contributed by atoms with Gasteiger partial charge >= 0.3 is 0 Å². The molecule has 0 bridgehead atoms. The Morgan fingerprint density at radius 1 is 1.37 bits per heavy atom. The summed E-state index contributed by atoms with van der Waals surface area (Å²) in [7, 11) is 2.15. The summed E-state index contributed by atoms with van der Waals surface area (Å²) >= 11 is 0. The highest BCUT2D eigenvalue weighted by Crippen LogP contribution is 2.25. The fraction of sp³-hybridized carbons (Fsp3) is 0.688. The average Bonchev–Trinajstić information content (AvgIpc) is 3.09. The zero-order valence-electron chi connectivity index (χ0n) is 13.0. The summed E-state index contributed by atoms with van der Waals surface area (Å²) < 4.78 is 0. The van der Waals surface area contributed by atoms with Crippen molar-refractivity contribution in [2.75, 3.05) is 18.5 Å². The molecular weight excluding hydrogens is 234 g/mol. The van der Waals surface area contributed by atoms with Crippen molar-refractivity contribution in [3.63, 3.8) is 0 Å². The van der Waals surface area contributed by atoms with Crippen LogP contribution >= 0.6 is 0 Å². The van der Waals surface area contributed by atoms with Crippen molar-refractivity contribution in [2.45, 2.75) is 53.1 Å². The first-order valence-corrected chi connectivity index (χ1v) is 7.39. The summed E-state index contributed by atoms with van der Waals surface area (Å²) in [4.78, 5) is 7.07. The van der Waals surface area contributed by atoms with Crippen LogP contribution in [0, 0.1) is 19.8 Å². The Morgan fingerprint density at radius 2 is 2.05 bits per heavy atom. The second-order valence-electron chi connectivity index (χ2n) is 6.31. The predicted molar refractivity (Wildman–Crippen MR) is 81.7 cm³/mol. The Balaban J connectivity index is 2.21. The Labute approximate surface area is 117 Å². The maximum absolute atomic E-state index is 4.77. The van der Waals surface area contributed by atoms with Gasteiger partial charge in [0.25, 0.3) is 0 Å². The van der Waals surface area contributed by atoms with Crippen LogP contribution in [0.15, 0.2) is 6.07 Å². The monoisotopic (exact) mass is 261 g/mol. The SMILES string of the molecule is Cc1cc(C)c(CNC2CC2)c(N(C)CC(C)C)n1. The maximum Gasteiger partial charge on any atom is 0.133 e. The molecule has 1 heterocycles. The lowest BCUT2D eigenvalue weighted by Crippen LogP contribution is -2.27. The number of nitrogens with one attached hydrogen (secondary N) is 1. The van der Waals surface area contributed by atoms with Crippen LogP contribution in [0.5, 0.6) is 0 Å². The Kier molecular flexibility index (Phi) is 4.46. The second-order valence-corrected chi connectivity index (χ2v) is 6.31. The molecular formula is C16H27N3. The third-order valence-corrected chi connectivity index (χ3v) is 3.60. The summed E-state index contributed by atoms with van der Waals surface area (Å²) in [5.74, 6) is 1.80. The molecule has 1 saturated carbocycles. The van der Waals surface area contributed by atoms with E-state index in [1.54, 1.807) is 0 Å². The summed E-state index contributed by atoms with van der Waals surface area (Å²) in [6.45, 7) is 10.8. The first-order chi connectivity index (χ1) is 8.97. The van der Waals surface area contributed by atoms with Gasteiger partial charge in [-0.05, 0) is 44.2 Å².